The van der Waals surface area contributed by atoms with Gasteiger partial charge in [-0.15, -0.1) is 0 Å². The summed E-state index contributed by atoms with van der Waals surface area (Å²) in [4.78, 5) is 0. The van der Waals surface area contributed by atoms with Crippen molar-refractivity contribution in [3.05, 3.63) is 35.9 Å². The Kier molecular flexibility index (Phi) is 5.01. The molecular formula is C15H24O. The van der Waals surface area contributed by atoms with Crippen molar-refractivity contribution in [1.82, 2.24) is 0 Å². The summed E-state index contributed by atoms with van der Waals surface area (Å²) in [7, 11) is 0. The van der Waals surface area contributed by atoms with Gasteiger partial charge in [-0.1, -0.05) is 51.1 Å². The van der Waals surface area contributed by atoms with E-state index in [1.165, 1.54) is 5.56 Å². The fourth-order valence-corrected chi connectivity index (χ4v) is 1.72. The Bertz CT molecular complexity index is 284. The molecule has 1 unspecified atom stereocenters. The van der Waals surface area contributed by atoms with Crippen LogP contribution in [0.3, 0.4) is 0 Å². The molecule has 0 spiro atoms. The maximum atomic E-state index is 9.87. The van der Waals surface area contributed by atoms with Crippen molar-refractivity contribution < 1.29 is 5.11 Å². The Morgan fingerprint density at radius 3 is 2.25 bits per heavy atom. The average Bonchev–Trinajstić information content (AvgIpc) is 2.24. The van der Waals surface area contributed by atoms with Gasteiger partial charge in [0.25, 0.3) is 0 Å². The van der Waals surface area contributed by atoms with Gasteiger partial charge in [0.05, 0.1) is 6.10 Å². The average molecular weight is 220 g/mol. The first-order valence-corrected chi connectivity index (χ1v) is 6.19. The molecule has 0 heterocycles. The van der Waals surface area contributed by atoms with Gasteiger partial charge in [-0.25, -0.2) is 0 Å². The minimum absolute atomic E-state index is 0.153. The quantitative estimate of drug-likeness (QED) is 0.800. The number of aryl methyl sites for hydroxylation is 1. The van der Waals surface area contributed by atoms with Crippen LogP contribution in [-0.2, 0) is 6.42 Å². The normalized spacial score (nSPS) is 13.8. The number of hydrogen-bond donors (Lipinski definition) is 1. The van der Waals surface area contributed by atoms with Crippen molar-refractivity contribution >= 4 is 0 Å². The lowest BCUT2D eigenvalue weighted by Crippen LogP contribution is -2.13. The van der Waals surface area contributed by atoms with Gasteiger partial charge in [-0.3, -0.25) is 0 Å². The molecule has 1 rings (SSSR count). The van der Waals surface area contributed by atoms with Crippen LogP contribution >= 0.6 is 0 Å². The van der Waals surface area contributed by atoms with E-state index in [2.05, 4.69) is 45.0 Å². The van der Waals surface area contributed by atoms with Crippen molar-refractivity contribution in [1.29, 1.82) is 0 Å². The fourth-order valence-electron chi connectivity index (χ4n) is 1.72. The third-order valence-electron chi connectivity index (χ3n) is 2.84. The first-order valence-electron chi connectivity index (χ1n) is 6.19. The number of aliphatic hydroxyl groups is 1. The third kappa shape index (κ3) is 5.92. The molecule has 1 N–H and O–H groups in total. The Hall–Kier alpha value is -0.820. The van der Waals surface area contributed by atoms with Crippen LogP contribution in [0, 0.1) is 5.41 Å². The Morgan fingerprint density at radius 1 is 1.06 bits per heavy atom. The summed E-state index contributed by atoms with van der Waals surface area (Å²) in [5.41, 5.74) is 1.64. The van der Waals surface area contributed by atoms with E-state index in [0.717, 1.165) is 25.7 Å². The summed E-state index contributed by atoms with van der Waals surface area (Å²) >= 11 is 0. The largest absolute Gasteiger partial charge is 0.393 e. The molecule has 1 nitrogen and oxygen atoms in total. The van der Waals surface area contributed by atoms with Gasteiger partial charge in [0.2, 0.25) is 0 Å². The summed E-state index contributed by atoms with van der Waals surface area (Å²) in [5.74, 6) is 0. The Balaban J connectivity index is 2.23. The first-order chi connectivity index (χ1) is 7.47. The molecule has 0 saturated carbocycles. The molecule has 1 aromatic carbocycles. The summed E-state index contributed by atoms with van der Waals surface area (Å²) < 4.78 is 0. The highest BCUT2D eigenvalue weighted by molar-refractivity contribution is 5.14. The molecule has 1 aromatic rings. The highest BCUT2D eigenvalue weighted by atomic mass is 16.3. The van der Waals surface area contributed by atoms with Gasteiger partial charge in [-0.05, 0) is 36.7 Å². The van der Waals surface area contributed by atoms with E-state index in [4.69, 9.17) is 0 Å². The molecule has 1 atom stereocenters. The second kappa shape index (κ2) is 6.05. The summed E-state index contributed by atoms with van der Waals surface area (Å²) in [6, 6.07) is 10.4. The molecular weight excluding hydrogens is 196 g/mol. The van der Waals surface area contributed by atoms with Crippen LogP contribution in [0.25, 0.3) is 0 Å². The van der Waals surface area contributed by atoms with Crippen molar-refractivity contribution in [3.8, 4) is 0 Å². The van der Waals surface area contributed by atoms with E-state index in [1.54, 1.807) is 0 Å². The molecule has 0 saturated heterocycles. The number of aliphatic hydroxyl groups excluding tert-OH is 1. The van der Waals surface area contributed by atoms with Gasteiger partial charge >= 0.3 is 0 Å². The monoisotopic (exact) mass is 220 g/mol. The minimum Gasteiger partial charge on any atom is -0.393 e. The van der Waals surface area contributed by atoms with Crippen LogP contribution in [0.5, 0.6) is 0 Å². The minimum atomic E-state index is -0.153. The van der Waals surface area contributed by atoms with E-state index < -0.39 is 0 Å². The number of rotatable bonds is 5. The van der Waals surface area contributed by atoms with Crippen LogP contribution in [0.4, 0.5) is 0 Å². The van der Waals surface area contributed by atoms with Gasteiger partial charge in [0.1, 0.15) is 0 Å². The summed E-state index contributed by atoms with van der Waals surface area (Å²) in [5, 5.41) is 9.87. The van der Waals surface area contributed by atoms with Crippen LogP contribution in [-0.4, -0.2) is 11.2 Å². The summed E-state index contributed by atoms with van der Waals surface area (Å²) in [6.45, 7) is 6.66. The van der Waals surface area contributed by atoms with E-state index in [-0.39, 0.29) is 6.10 Å². The predicted molar refractivity (Wildman–Crippen MR) is 69.5 cm³/mol. The van der Waals surface area contributed by atoms with Crippen molar-refractivity contribution in [3.63, 3.8) is 0 Å². The second-order valence-electron chi connectivity index (χ2n) is 5.78. The molecule has 0 aliphatic carbocycles. The molecule has 0 aliphatic rings. The lowest BCUT2D eigenvalue weighted by Gasteiger charge is -2.20. The highest BCUT2D eigenvalue weighted by Gasteiger charge is 2.13. The van der Waals surface area contributed by atoms with E-state index in [0.29, 0.717) is 5.41 Å². The SMILES string of the molecule is CC(C)(C)CCC(O)CCc1ccccc1. The molecule has 0 fully saturated rings. The standard InChI is InChI=1S/C15H24O/c1-15(2,3)12-11-14(16)10-9-13-7-5-4-6-8-13/h4-8,14,16H,9-12H2,1-3H3. The number of hydrogen-bond acceptors (Lipinski definition) is 1. The zero-order valence-corrected chi connectivity index (χ0v) is 10.7. The lowest BCUT2D eigenvalue weighted by molar-refractivity contribution is 0.137. The smallest absolute Gasteiger partial charge is 0.0543 e. The fraction of sp³-hybridized carbons (Fsp3) is 0.600. The molecule has 0 aliphatic heterocycles. The van der Waals surface area contributed by atoms with Gasteiger partial charge in [0, 0.05) is 0 Å². The Morgan fingerprint density at radius 2 is 1.69 bits per heavy atom. The predicted octanol–water partition coefficient (Wildman–Crippen LogP) is 3.81. The summed E-state index contributed by atoms with van der Waals surface area (Å²) in [6.07, 6.45) is 3.70. The van der Waals surface area contributed by atoms with Crippen molar-refractivity contribution in [2.75, 3.05) is 0 Å². The van der Waals surface area contributed by atoms with Gasteiger partial charge in [-0.2, -0.15) is 0 Å². The maximum absolute atomic E-state index is 9.87. The van der Waals surface area contributed by atoms with Gasteiger partial charge < -0.3 is 5.11 Å². The van der Waals surface area contributed by atoms with E-state index in [1.807, 2.05) is 6.07 Å². The molecule has 16 heavy (non-hydrogen) atoms. The Labute approximate surface area is 99.5 Å². The van der Waals surface area contributed by atoms with Crippen LogP contribution in [0.15, 0.2) is 30.3 Å². The third-order valence-corrected chi connectivity index (χ3v) is 2.84. The molecule has 1 heteroatoms. The number of benzene rings is 1. The van der Waals surface area contributed by atoms with Crippen molar-refractivity contribution in [2.45, 2.75) is 52.6 Å². The van der Waals surface area contributed by atoms with Crippen LogP contribution < -0.4 is 0 Å². The molecule has 0 aromatic heterocycles. The zero-order valence-electron chi connectivity index (χ0n) is 10.7. The van der Waals surface area contributed by atoms with E-state index >= 15 is 0 Å². The highest BCUT2D eigenvalue weighted by Crippen LogP contribution is 2.22. The molecule has 90 valence electrons. The van der Waals surface area contributed by atoms with Crippen LogP contribution in [0.1, 0.15) is 45.6 Å². The first kappa shape index (κ1) is 13.2. The van der Waals surface area contributed by atoms with E-state index in [9.17, 15) is 5.11 Å². The molecule has 0 radical (unpaired) electrons. The second-order valence-corrected chi connectivity index (χ2v) is 5.78. The molecule has 0 amide bonds. The maximum Gasteiger partial charge on any atom is 0.0543 e. The van der Waals surface area contributed by atoms with Gasteiger partial charge in [0.15, 0.2) is 0 Å². The lowest BCUT2D eigenvalue weighted by atomic mass is 9.88. The zero-order chi connectivity index (χ0) is 12.0. The molecule has 0 bridgehead atoms. The van der Waals surface area contributed by atoms with Crippen LogP contribution in [0.2, 0.25) is 0 Å². The topological polar surface area (TPSA) is 20.2 Å². The van der Waals surface area contributed by atoms with Crippen molar-refractivity contribution in [2.24, 2.45) is 5.41 Å².